The van der Waals surface area contributed by atoms with E-state index >= 15 is 0 Å². The summed E-state index contributed by atoms with van der Waals surface area (Å²) >= 11 is 7.11. The molecule has 0 saturated carbocycles. The molecular formula is C15H12ClN3OS. The molecule has 21 heavy (non-hydrogen) atoms. The highest BCUT2D eigenvalue weighted by molar-refractivity contribution is 8.00. The van der Waals surface area contributed by atoms with Crippen LogP contribution in [-0.2, 0) is 4.79 Å². The van der Waals surface area contributed by atoms with Crippen molar-refractivity contribution in [1.82, 2.24) is 4.98 Å². The third-order valence-corrected chi connectivity index (χ3v) is 3.93. The third-order valence-electron chi connectivity index (χ3n) is 2.69. The Morgan fingerprint density at radius 1 is 1.48 bits per heavy atom. The van der Waals surface area contributed by atoms with Gasteiger partial charge in [-0.15, -0.1) is 0 Å². The molecule has 1 aromatic heterocycles. The number of aromatic nitrogens is 1. The SMILES string of the molecule is Cc1cc(Cl)ccc1NC(=O)CSc1ncccc1C#N. The molecule has 1 N–H and O–H groups in total. The maximum Gasteiger partial charge on any atom is 0.234 e. The summed E-state index contributed by atoms with van der Waals surface area (Å²) < 4.78 is 0. The summed E-state index contributed by atoms with van der Waals surface area (Å²) in [5, 5.41) is 13.0. The fourth-order valence-electron chi connectivity index (χ4n) is 1.68. The number of aryl methyl sites for hydroxylation is 1. The van der Waals surface area contributed by atoms with Gasteiger partial charge in [-0.25, -0.2) is 4.98 Å². The summed E-state index contributed by atoms with van der Waals surface area (Å²) in [5.41, 5.74) is 2.10. The Morgan fingerprint density at radius 3 is 3.00 bits per heavy atom. The van der Waals surface area contributed by atoms with Crippen molar-refractivity contribution >= 4 is 35.0 Å². The van der Waals surface area contributed by atoms with E-state index in [9.17, 15) is 4.79 Å². The molecule has 4 nitrogen and oxygen atoms in total. The Morgan fingerprint density at radius 2 is 2.29 bits per heavy atom. The number of hydrogen-bond acceptors (Lipinski definition) is 4. The number of carbonyl (C=O) groups is 1. The van der Waals surface area contributed by atoms with E-state index in [4.69, 9.17) is 16.9 Å². The second-order valence-electron chi connectivity index (χ2n) is 4.26. The first-order valence-corrected chi connectivity index (χ1v) is 7.50. The van der Waals surface area contributed by atoms with Crippen LogP contribution in [0.25, 0.3) is 0 Å². The van der Waals surface area contributed by atoms with Gasteiger partial charge in [0.05, 0.1) is 11.3 Å². The summed E-state index contributed by atoms with van der Waals surface area (Å²) in [6.45, 7) is 1.88. The molecule has 2 aromatic rings. The van der Waals surface area contributed by atoms with Crippen LogP contribution < -0.4 is 5.32 Å². The van der Waals surface area contributed by atoms with E-state index in [1.54, 1.807) is 36.5 Å². The first-order chi connectivity index (χ1) is 10.1. The maximum absolute atomic E-state index is 11.9. The van der Waals surface area contributed by atoms with Gasteiger partial charge in [0.25, 0.3) is 0 Å². The lowest BCUT2D eigenvalue weighted by Crippen LogP contribution is -2.15. The average molecular weight is 318 g/mol. The van der Waals surface area contributed by atoms with E-state index in [1.165, 1.54) is 11.8 Å². The Hall–Kier alpha value is -2.03. The monoisotopic (exact) mass is 317 g/mol. The molecule has 0 saturated heterocycles. The normalized spacial score (nSPS) is 9.95. The van der Waals surface area contributed by atoms with Gasteiger partial charge in [-0.2, -0.15) is 5.26 Å². The van der Waals surface area contributed by atoms with Gasteiger partial charge < -0.3 is 5.32 Å². The highest BCUT2D eigenvalue weighted by Gasteiger charge is 2.09. The minimum Gasteiger partial charge on any atom is -0.325 e. The van der Waals surface area contributed by atoms with E-state index in [0.29, 0.717) is 15.6 Å². The summed E-state index contributed by atoms with van der Waals surface area (Å²) in [6, 6.07) is 10.7. The third kappa shape index (κ3) is 4.22. The zero-order valence-corrected chi connectivity index (χ0v) is 12.8. The van der Waals surface area contributed by atoms with Gasteiger partial charge in [0.2, 0.25) is 5.91 Å². The Balaban J connectivity index is 1.98. The number of hydrogen-bond donors (Lipinski definition) is 1. The number of nitriles is 1. The summed E-state index contributed by atoms with van der Waals surface area (Å²) in [4.78, 5) is 16.0. The molecule has 0 aliphatic rings. The molecule has 2 rings (SSSR count). The Kier molecular flexibility index (Phi) is 5.20. The van der Waals surface area contributed by atoms with Crippen molar-refractivity contribution in [3.05, 3.63) is 52.7 Å². The molecule has 0 spiro atoms. The van der Waals surface area contributed by atoms with Gasteiger partial charge in [0.1, 0.15) is 11.1 Å². The molecule has 6 heteroatoms. The number of carbonyl (C=O) groups excluding carboxylic acids is 1. The van der Waals surface area contributed by atoms with E-state index < -0.39 is 0 Å². The van der Waals surface area contributed by atoms with E-state index in [-0.39, 0.29) is 11.7 Å². The number of rotatable bonds is 4. The minimum atomic E-state index is -0.153. The fraction of sp³-hybridized carbons (Fsp3) is 0.133. The van der Waals surface area contributed by atoms with E-state index in [1.807, 2.05) is 6.92 Å². The van der Waals surface area contributed by atoms with E-state index in [2.05, 4.69) is 16.4 Å². The number of pyridine rings is 1. The second-order valence-corrected chi connectivity index (χ2v) is 5.66. The largest absolute Gasteiger partial charge is 0.325 e. The number of anilines is 1. The van der Waals surface area contributed by atoms with Crippen LogP contribution in [0.15, 0.2) is 41.6 Å². The summed E-state index contributed by atoms with van der Waals surface area (Å²) in [7, 11) is 0. The van der Waals surface area contributed by atoms with Crippen molar-refractivity contribution in [3.63, 3.8) is 0 Å². The molecule has 0 bridgehead atoms. The zero-order chi connectivity index (χ0) is 15.2. The zero-order valence-electron chi connectivity index (χ0n) is 11.3. The lowest BCUT2D eigenvalue weighted by Gasteiger charge is -2.08. The Labute approximate surface area is 132 Å². The van der Waals surface area contributed by atoms with Gasteiger partial charge in [0.15, 0.2) is 0 Å². The summed E-state index contributed by atoms with van der Waals surface area (Å²) in [6.07, 6.45) is 1.60. The van der Waals surface area contributed by atoms with Crippen molar-refractivity contribution in [2.24, 2.45) is 0 Å². The standard InChI is InChI=1S/C15H12ClN3OS/c1-10-7-12(16)4-5-13(10)19-14(20)9-21-15-11(8-17)3-2-6-18-15/h2-7H,9H2,1H3,(H,19,20). The van der Waals surface area contributed by atoms with Crippen LogP contribution in [0.4, 0.5) is 5.69 Å². The van der Waals surface area contributed by atoms with Crippen LogP contribution in [0.1, 0.15) is 11.1 Å². The van der Waals surface area contributed by atoms with Gasteiger partial charge in [0, 0.05) is 16.9 Å². The van der Waals surface area contributed by atoms with Crippen molar-refractivity contribution in [2.45, 2.75) is 11.9 Å². The minimum absolute atomic E-state index is 0.153. The quantitative estimate of drug-likeness (QED) is 0.874. The molecule has 0 aliphatic carbocycles. The number of nitrogens with zero attached hydrogens (tertiary/aromatic N) is 2. The van der Waals surface area contributed by atoms with Crippen LogP contribution in [0.2, 0.25) is 5.02 Å². The van der Waals surface area contributed by atoms with Gasteiger partial charge in [-0.1, -0.05) is 23.4 Å². The predicted octanol–water partition coefficient (Wildman–Crippen LogP) is 3.65. The summed E-state index contributed by atoms with van der Waals surface area (Å²) in [5.74, 6) is 0.0354. The van der Waals surface area contributed by atoms with Crippen molar-refractivity contribution in [2.75, 3.05) is 11.1 Å². The fourth-order valence-corrected chi connectivity index (χ4v) is 2.65. The number of amides is 1. The van der Waals surface area contributed by atoms with Crippen LogP contribution >= 0.6 is 23.4 Å². The molecule has 0 aliphatic heterocycles. The number of nitrogens with one attached hydrogen (secondary N) is 1. The van der Waals surface area contributed by atoms with Gasteiger partial charge in [-0.05, 0) is 42.8 Å². The van der Waals surface area contributed by atoms with Gasteiger partial charge >= 0.3 is 0 Å². The van der Waals surface area contributed by atoms with Crippen LogP contribution in [0.3, 0.4) is 0 Å². The smallest absolute Gasteiger partial charge is 0.234 e. The molecule has 1 aromatic carbocycles. The topological polar surface area (TPSA) is 65.8 Å². The molecule has 0 radical (unpaired) electrons. The number of thioether (sulfide) groups is 1. The van der Waals surface area contributed by atoms with Crippen molar-refractivity contribution in [1.29, 1.82) is 5.26 Å². The second kappa shape index (κ2) is 7.11. The molecule has 0 unspecified atom stereocenters. The van der Waals surface area contributed by atoms with Crippen LogP contribution in [0.5, 0.6) is 0 Å². The predicted molar refractivity (Wildman–Crippen MR) is 84.5 cm³/mol. The lowest BCUT2D eigenvalue weighted by atomic mass is 10.2. The molecular weight excluding hydrogens is 306 g/mol. The first kappa shape index (κ1) is 15.4. The number of benzene rings is 1. The average Bonchev–Trinajstić information content (AvgIpc) is 2.48. The van der Waals surface area contributed by atoms with Gasteiger partial charge in [-0.3, -0.25) is 4.79 Å². The van der Waals surface area contributed by atoms with Crippen LogP contribution in [-0.4, -0.2) is 16.6 Å². The maximum atomic E-state index is 11.9. The molecule has 106 valence electrons. The molecule has 0 atom stereocenters. The van der Waals surface area contributed by atoms with Crippen molar-refractivity contribution in [3.8, 4) is 6.07 Å². The lowest BCUT2D eigenvalue weighted by molar-refractivity contribution is -0.113. The Bertz CT molecular complexity index is 712. The molecule has 0 fully saturated rings. The van der Waals surface area contributed by atoms with Crippen LogP contribution in [0, 0.1) is 18.3 Å². The number of halogens is 1. The van der Waals surface area contributed by atoms with Crippen molar-refractivity contribution < 1.29 is 4.79 Å². The highest BCUT2D eigenvalue weighted by Crippen LogP contribution is 2.22. The first-order valence-electron chi connectivity index (χ1n) is 6.14. The highest BCUT2D eigenvalue weighted by atomic mass is 35.5. The molecule has 1 amide bonds. The molecule has 1 heterocycles. The van der Waals surface area contributed by atoms with E-state index in [0.717, 1.165) is 11.3 Å².